The van der Waals surface area contributed by atoms with Gasteiger partial charge in [0.2, 0.25) is 11.8 Å². The van der Waals surface area contributed by atoms with Gasteiger partial charge >= 0.3 is 5.97 Å². The lowest BCUT2D eigenvalue weighted by molar-refractivity contribution is -0.143. The van der Waals surface area contributed by atoms with Crippen LogP contribution in [0.1, 0.15) is 25.7 Å². The van der Waals surface area contributed by atoms with Crippen molar-refractivity contribution in [3.8, 4) is 11.6 Å². The number of nitrogens with zero attached hydrogens (tertiary/aromatic N) is 1. The maximum atomic E-state index is 12.4. The summed E-state index contributed by atoms with van der Waals surface area (Å²) in [5.41, 5.74) is 0.642. The van der Waals surface area contributed by atoms with E-state index >= 15 is 0 Å². The molecule has 26 heavy (non-hydrogen) atoms. The third-order valence-electron chi connectivity index (χ3n) is 4.44. The van der Waals surface area contributed by atoms with Gasteiger partial charge in [-0.1, -0.05) is 18.0 Å². The second-order valence-electron chi connectivity index (χ2n) is 6.33. The summed E-state index contributed by atoms with van der Waals surface area (Å²) in [5, 5.41) is 12.5. The second-order valence-corrected chi connectivity index (χ2v) is 6.77. The topological polar surface area (TPSA) is 88.5 Å². The number of anilines is 1. The van der Waals surface area contributed by atoms with Crippen molar-refractivity contribution < 1.29 is 19.4 Å². The Morgan fingerprint density at radius 1 is 1.12 bits per heavy atom. The van der Waals surface area contributed by atoms with Crippen LogP contribution in [-0.4, -0.2) is 22.0 Å². The number of amides is 1. The van der Waals surface area contributed by atoms with Crippen molar-refractivity contribution in [2.75, 3.05) is 5.32 Å². The molecule has 1 fully saturated rings. The zero-order valence-electron chi connectivity index (χ0n) is 14.0. The molecule has 1 saturated carbocycles. The van der Waals surface area contributed by atoms with Crippen molar-refractivity contribution in [2.45, 2.75) is 25.7 Å². The van der Waals surface area contributed by atoms with Crippen LogP contribution in [-0.2, 0) is 9.59 Å². The first-order valence-corrected chi connectivity index (χ1v) is 8.82. The number of pyridine rings is 1. The molecular formula is C19H19ClN2O4. The van der Waals surface area contributed by atoms with E-state index in [1.165, 1.54) is 6.20 Å². The molecule has 2 atom stereocenters. The van der Waals surface area contributed by atoms with Crippen LogP contribution in [0.25, 0.3) is 0 Å². The highest BCUT2D eigenvalue weighted by atomic mass is 35.5. The number of hydrogen-bond acceptors (Lipinski definition) is 4. The molecule has 136 valence electrons. The van der Waals surface area contributed by atoms with Gasteiger partial charge < -0.3 is 15.2 Å². The van der Waals surface area contributed by atoms with Crippen LogP contribution in [0.2, 0.25) is 5.02 Å². The first kappa shape index (κ1) is 18.2. The van der Waals surface area contributed by atoms with Gasteiger partial charge in [0, 0.05) is 23.9 Å². The molecule has 1 aromatic heterocycles. The summed E-state index contributed by atoms with van der Waals surface area (Å²) < 4.78 is 5.60. The predicted molar refractivity (Wildman–Crippen MR) is 97.5 cm³/mol. The summed E-state index contributed by atoms with van der Waals surface area (Å²) in [7, 11) is 0. The third kappa shape index (κ3) is 4.73. The number of benzene rings is 1. The standard InChI is InChI=1S/C19H19ClN2O4/c20-14-4-9-17(21-11-14)26-16-7-5-15(6-8-16)22-18(23)12-2-1-3-13(10-12)19(24)25/h4-9,11-13H,1-3,10H2,(H,22,23)(H,24,25). The van der Waals surface area contributed by atoms with Crippen LogP contribution in [0.15, 0.2) is 42.6 Å². The van der Waals surface area contributed by atoms with Gasteiger partial charge in [0.05, 0.1) is 10.9 Å². The van der Waals surface area contributed by atoms with E-state index in [-0.39, 0.29) is 11.8 Å². The van der Waals surface area contributed by atoms with Crippen molar-refractivity contribution in [3.63, 3.8) is 0 Å². The molecule has 0 spiro atoms. The van der Waals surface area contributed by atoms with Crippen LogP contribution in [0.4, 0.5) is 5.69 Å². The summed E-state index contributed by atoms with van der Waals surface area (Å²) in [5.74, 6) is -0.639. The van der Waals surface area contributed by atoms with E-state index in [4.69, 9.17) is 21.4 Å². The quantitative estimate of drug-likeness (QED) is 0.811. The number of rotatable bonds is 5. The number of aliphatic carboxylic acids is 1. The molecule has 0 radical (unpaired) electrons. The third-order valence-corrected chi connectivity index (χ3v) is 4.66. The molecule has 0 aliphatic heterocycles. The molecule has 1 heterocycles. The van der Waals surface area contributed by atoms with Gasteiger partial charge in [0.1, 0.15) is 5.75 Å². The highest BCUT2D eigenvalue weighted by molar-refractivity contribution is 6.30. The summed E-state index contributed by atoms with van der Waals surface area (Å²) in [4.78, 5) is 27.6. The van der Waals surface area contributed by atoms with Gasteiger partial charge in [-0.2, -0.15) is 0 Å². The average Bonchev–Trinajstić information content (AvgIpc) is 2.65. The lowest BCUT2D eigenvalue weighted by atomic mass is 9.81. The first-order valence-electron chi connectivity index (χ1n) is 8.44. The van der Waals surface area contributed by atoms with Crippen LogP contribution in [0.5, 0.6) is 11.6 Å². The van der Waals surface area contributed by atoms with Gasteiger partial charge in [-0.25, -0.2) is 4.98 Å². The van der Waals surface area contributed by atoms with E-state index in [0.29, 0.717) is 35.2 Å². The molecule has 7 heteroatoms. The van der Waals surface area contributed by atoms with Crippen molar-refractivity contribution in [1.82, 2.24) is 4.98 Å². The van der Waals surface area contributed by atoms with E-state index in [2.05, 4.69) is 10.3 Å². The molecule has 1 aliphatic carbocycles. The van der Waals surface area contributed by atoms with Crippen molar-refractivity contribution in [2.24, 2.45) is 11.8 Å². The Morgan fingerprint density at radius 3 is 2.50 bits per heavy atom. The molecule has 2 N–H and O–H groups in total. The van der Waals surface area contributed by atoms with E-state index in [0.717, 1.165) is 12.8 Å². The Morgan fingerprint density at radius 2 is 1.85 bits per heavy atom. The van der Waals surface area contributed by atoms with Gasteiger partial charge in [-0.15, -0.1) is 0 Å². The van der Waals surface area contributed by atoms with Gasteiger partial charge in [-0.05, 0) is 49.6 Å². The SMILES string of the molecule is O=C(O)C1CCCC(C(=O)Nc2ccc(Oc3ccc(Cl)cn3)cc2)C1. The molecule has 1 amide bonds. The Kier molecular flexibility index (Phi) is 5.73. The highest BCUT2D eigenvalue weighted by Crippen LogP contribution is 2.30. The number of aromatic nitrogens is 1. The average molecular weight is 375 g/mol. The minimum atomic E-state index is -0.820. The smallest absolute Gasteiger partial charge is 0.306 e. The Bertz CT molecular complexity index is 777. The van der Waals surface area contributed by atoms with Gasteiger partial charge in [0.25, 0.3) is 0 Å². The monoisotopic (exact) mass is 374 g/mol. The molecule has 0 bridgehead atoms. The zero-order chi connectivity index (χ0) is 18.5. The molecule has 6 nitrogen and oxygen atoms in total. The molecule has 1 aliphatic rings. The number of carbonyl (C=O) groups is 2. The molecule has 2 aromatic rings. The fraction of sp³-hybridized carbons (Fsp3) is 0.316. The Balaban J connectivity index is 1.57. The first-order chi connectivity index (χ1) is 12.5. The summed E-state index contributed by atoms with van der Waals surface area (Å²) in [6, 6.07) is 10.3. The normalized spacial score (nSPS) is 19.6. The summed E-state index contributed by atoms with van der Waals surface area (Å²) >= 11 is 5.78. The molecule has 3 rings (SSSR count). The van der Waals surface area contributed by atoms with E-state index in [1.54, 1.807) is 36.4 Å². The van der Waals surface area contributed by atoms with Crippen LogP contribution >= 0.6 is 11.6 Å². The number of carbonyl (C=O) groups excluding carboxylic acids is 1. The van der Waals surface area contributed by atoms with E-state index in [9.17, 15) is 9.59 Å². The van der Waals surface area contributed by atoms with E-state index in [1.807, 2.05) is 0 Å². The van der Waals surface area contributed by atoms with Crippen LogP contribution in [0, 0.1) is 11.8 Å². The van der Waals surface area contributed by atoms with Crippen LogP contribution in [0.3, 0.4) is 0 Å². The lowest BCUT2D eigenvalue weighted by Gasteiger charge is -2.25. The lowest BCUT2D eigenvalue weighted by Crippen LogP contribution is -2.30. The maximum absolute atomic E-state index is 12.4. The molecule has 2 unspecified atom stereocenters. The number of carboxylic acid groups (broad SMARTS) is 1. The maximum Gasteiger partial charge on any atom is 0.306 e. The summed E-state index contributed by atoms with van der Waals surface area (Å²) in [6.45, 7) is 0. The minimum absolute atomic E-state index is 0.135. The second kappa shape index (κ2) is 8.19. The van der Waals surface area contributed by atoms with Crippen molar-refractivity contribution >= 4 is 29.2 Å². The van der Waals surface area contributed by atoms with E-state index < -0.39 is 11.9 Å². The zero-order valence-corrected chi connectivity index (χ0v) is 14.8. The van der Waals surface area contributed by atoms with Gasteiger partial charge in [-0.3, -0.25) is 9.59 Å². The number of ether oxygens (including phenoxy) is 1. The number of halogens is 1. The fourth-order valence-corrected chi connectivity index (χ4v) is 3.16. The minimum Gasteiger partial charge on any atom is -0.481 e. The summed E-state index contributed by atoms with van der Waals surface area (Å²) in [6.07, 6.45) is 4.02. The van der Waals surface area contributed by atoms with Gasteiger partial charge in [0.15, 0.2) is 0 Å². The fourth-order valence-electron chi connectivity index (χ4n) is 3.05. The number of nitrogens with one attached hydrogen (secondary N) is 1. The van der Waals surface area contributed by atoms with Crippen LogP contribution < -0.4 is 10.1 Å². The number of hydrogen-bond donors (Lipinski definition) is 2. The highest BCUT2D eigenvalue weighted by Gasteiger charge is 2.30. The van der Waals surface area contributed by atoms with Crippen molar-refractivity contribution in [3.05, 3.63) is 47.6 Å². The van der Waals surface area contributed by atoms with Crippen molar-refractivity contribution in [1.29, 1.82) is 0 Å². The molecular weight excluding hydrogens is 356 g/mol. The largest absolute Gasteiger partial charge is 0.481 e. The number of carboxylic acids is 1. The molecule has 0 saturated heterocycles. The molecule has 1 aromatic carbocycles. The Labute approximate surface area is 156 Å². The Hall–Kier alpha value is -2.60. The predicted octanol–water partition coefficient (Wildman–Crippen LogP) is 4.36.